The van der Waals surface area contributed by atoms with Crippen LogP contribution in [0.25, 0.3) is 0 Å². The van der Waals surface area contributed by atoms with Gasteiger partial charge in [-0.05, 0) is 0 Å². The molecule has 2 heterocycles. The van der Waals surface area contributed by atoms with E-state index in [1.807, 2.05) is 5.38 Å². The fraction of sp³-hybridized carbons (Fsp3) is 0.571. The summed E-state index contributed by atoms with van der Waals surface area (Å²) in [6, 6.07) is -0.0195. The first-order valence-electron chi connectivity index (χ1n) is 3.76. The molecule has 0 bridgehead atoms. The maximum absolute atomic E-state index is 5.72. The Kier molecular flexibility index (Phi) is 2.25. The number of thiazole rings is 1. The minimum atomic E-state index is -0.0313. The van der Waals surface area contributed by atoms with Gasteiger partial charge in [-0.15, -0.1) is 0 Å². The van der Waals surface area contributed by atoms with Gasteiger partial charge in [0.15, 0.2) is 0 Å². The van der Waals surface area contributed by atoms with Gasteiger partial charge in [0.25, 0.3) is 5.19 Å². The highest BCUT2D eigenvalue weighted by Crippen LogP contribution is 2.18. The summed E-state index contributed by atoms with van der Waals surface area (Å²) in [5.41, 5.74) is 5.72. The van der Waals surface area contributed by atoms with Crippen LogP contribution in [-0.4, -0.2) is 30.3 Å². The van der Waals surface area contributed by atoms with E-state index in [2.05, 4.69) is 4.98 Å². The van der Waals surface area contributed by atoms with Crippen molar-refractivity contribution in [1.29, 1.82) is 0 Å². The summed E-state index contributed by atoms with van der Waals surface area (Å²) < 4.78 is 10.6. The fourth-order valence-corrected chi connectivity index (χ4v) is 1.61. The number of nitrogens with two attached hydrogens (primary N) is 1. The Morgan fingerprint density at radius 2 is 2.58 bits per heavy atom. The topological polar surface area (TPSA) is 57.4 Å². The van der Waals surface area contributed by atoms with E-state index >= 15 is 0 Å². The molecular weight excluding hydrogens is 176 g/mol. The van der Waals surface area contributed by atoms with E-state index in [4.69, 9.17) is 15.2 Å². The van der Waals surface area contributed by atoms with Crippen LogP contribution in [0.2, 0.25) is 0 Å². The average molecular weight is 186 g/mol. The van der Waals surface area contributed by atoms with E-state index in [0.717, 1.165) is 0 Å². The van der Waals surface area contributed by atoms with Gasteiger partial charge in [0, 0.05) is 11.6 Å². The van der Waals surface area contributed by atoms with Crippen LogP contribution in [0.15, 0.2) is 11.6 Å². The zero-order valence-corrected chi connectivity index (χ0v) is 7.29. The normalized spacial score (nSPS) is 29.1. The number of rotatable bonds is 2. The summed E-state index contributed by atoms with van der Waals surface area (Å²) >= 11 is 1.47. The van der Waals surface area contributed by atoms with Gasteiger partial charge in [-0.2, -0.15) is 0 Å². The number of ether oxygens (including phenoxy) is 2. The standard InChI is InChI=1S/C7H10N2O2S/c8-5-3-10-4-6(5)11-7-9-1-2-12-7/h1-2,5-6H,3-4,8H2. The Balaban J connectivity index is 1.95. The van der Waals surface area contributed by atoms with Crippen molar-refractivity contribution in [1.82, 2.24) is 4.98 Å². The first-order valence-corrected chi connectivity index (χ1v) is 4.63. The van der Waals surface area contributed by atoms with Crippen molar-refractivity contribution in [2.24, 2.45) is 5.73 Å². The van der Waals surface area contributed by atoms with E-state index in [1.165, 1.54) is 11.3 Å². The summed E-state index contributed by atoms with van der Waals surface area (Å²) in [4.78, 5) is 4.00. The monoisotopic (exact) mass is 186 g/mol. The third kappa shape index (κ3) is 1.57. The molecule has 1 aliphatic heterocycles. The molecule has 1 fully saturated rings. The lowest BCUT2D eigenvalue weighted by molar-refractivity contribution is 0.140. The van der Waals surface area contributed by atoms with Crippen LogP contribution in [-0.2, 0) is 4.74 Å². The zero-order valence-electron chi connectivity index (χ0n) is 6.47. The Hall–Kier alpha value is -0.650. The second-order valence-corrected chi connectivity index (χ2v) is 3.51. The molecule has 4 nitrogen and oxygen atoms in total. The Bertz CT molecular complexity index is 240. The minimum Gasteiger partial charge on any atom is -0.463 e. The molecule has 0 radical (unpaired) electrons. The Labute approximate surface area is 74.3 Å². The summed E-state index contributed by atoms with van der Waals surface area (Å²) in [7, 11) is 0. The van der Waals surface area contributed by atoms with Gasteiger partial charge < -0.3 is 15.2 Å². The van der Waals surface area contributed by atoms with Crippen LogP contribution in [0.1, 0.15) is 0 Å². The van der Waals surface area contributed by atoms with Crippen molar-refractivity contribution in [2.45, 2.75) is 12.1 Å². The van der Waals surface area contributed by atoms with Crippen LogP contribution in [0.5, 0.6) is 5.19 Å². The van der Waals surface area contributed by atoms with Crippen molar-refractivity contribution in [2.75, 3.05) is 13.2 Å². The van der Waals surface area contributed by atoms with Crippen LogP contribution in [0.3, 0.4) is 0 Å². The van der Waals surface area contributed by atoms with Gasteiger partial charge in [0.2, 0.25) is 0 Å². The molecule has 1 aromatic rings. The van der Waals surface area contributed by atoms with Crippen molar-refractivity contribution >= 4 is 11.3 Å². The molecule has 66 valence electrons. The highest BCUT2D eigenvalue weighted by Gasteiger charge is 2.27. The van der Waals surface area contributed by atoms with Gasteiger partial charge >= 0.3 is 0 Å². The second-order valence-electron chi connectivity index (χ2n) is 2.66. The summed E-state index contributed by atoms with van der Waals surface area (Å²) in [6.07, 6.45) is 1.68. The molecule has 0 spiro atoms. The summed E-state index contributed by atoms with van der Waals surface area (Å²) in [5, 5.41) is 2.54. The van der Waals surface area contributed by atoms with Crippen molar-refractivity contribution in [3.05, 3.63) is 11.6 Å². The quantitative estimate of drug-likeness (QED) is 0.719. The highest BCUT2D eigenvalue weighted by molar-refractivity contribution is 7.11. The molecule has 1 aromatic heterocycles. The van der Waals surface area contributed by atoms with E-state index < -0.39 is 0 Å². The van der Waals surface area contributed by atoms with Crippen LogP contribution in [0.4, 0.5) is 0 Å². The molecule has 1 aliphatic rings. The summed E-state index contributed by atoms with van der Waals surface area (Å²) in [6.45, 7) is 1.15. The largest absolute Gasteiger partial charge is 0.463 e. The maximum atomic E-state index is 5.72. The molecule has 0 saturated carbocycles. The molecule has 2 rings (SSSR count). The lowest BCUT2D eigenvalue weighted by atomic mass is 10.2. The molecule has 12 heavy (non-hydrogen) atoms. The Morgan fingerprint density at radius 1 is 1.67 bits per heavy atom. The fourth-order valence-electron chi connectivity index (χ4n) is 1.07. The average Bonchev–Trinajstić information content (AvgIpc) is 2.65. The van der Waals surface area contributed by atoms with Crippen LogP contribution >= 0.6 is 11.3 Å². The van der Waals surface area contributed by atoms with Gasteiger partial charge in [0.1, 0.15) is 6.10 Å². The van der Waals surface area contributed by atoms with E-state index in [9.17, 15) is 0 Å². The van der Waals surface area contributed by atoms with Crippen molar-refractivity contribution in [3.8, 4) is 5.19 Å². The summed E-state index contributed by atoms with van der Waals surface area (Å²) in [5.74, 6) is 0. The molecule has 0 aromatic carbocycles. The lowest BCUT2D eigenvalue weighted by Gasteiger charge is -2.12. The minimum absolute atomic E-state index is 0.0195. The number of hydrogen-bond acceptors (Lipinski definition) is 5. The second kappa shape index (κ2) is 3.38. The number of hydrogen-bond donors (Lipinski definition) is 1. The molecule has 2 atom stereocenters. The Morgan fingerprint density at radius 3 is 3.17 bits per heavy atom. The zero-order chi connectivity index (χ0) is 8.39. The van der Waals surface area contributed by atoms with Crippen molar-refractivity contribution < 1.29 is 9.47 Å². The molecule has 2 unspecified atom stereocenters. The molecular formula is C7H10N2O2S. The van der Waals surface area contributed by atoms with E-state index in [0.29, 0.717) is 18.4 Å². The lowest BCUT2D eigenvalue weighted by Crippen LogP contribution is -2.37. The van der Waals surface area contributed by atoms with E-state index in [-0.39, 0.29) is 12.1 Å². The van der Waals surface area contributed by atoms with Gasteiger partial charge in [-0.1, -0.05) is 11.3 Å². The number of nitrogens with zero attached hydrogens (tertiary/aromatic N) is 1. The van der Waals surface area contributed by atoms with Gasteiger partial charge in [-0.25, -0.2) is 4.98 Å². The molecule has 0 aliphatic carbocycles. The SMILES string of the molecule is NC1COCC1Oc1nccs1. The smallest absolute Gasteiger partial charge is 0.273 e. The maximum Gasteiger partial charge on any atom is 0.273 e. The van der Waals surface area contributed by atoms with Crippen molar-refractivity contribution in [3.63, 3.8) is 0 Å². The van der Waals surface area contributed by atoms with Gasteiger partial charge in [-0.3, -0.25) is 0 Å². The molecule has 5 heteroatoms. The molecule has 1 saturated heterocycles. The number of aromatic nitrogens is 1. The third-order valence-corrected chi connectivity index (χ3v) is 2.39. The predicted molar refractivity (Wildman–Crippen MR) is 45.3 cm³/mol. The van der Waals surface area contributed by atoms with Crippen LogP contribution < -0.4 is 10.5 Å². The molecule has 0 amide bonds. The highest BCUT2D eigenvalue weighted by atomic mass is 32.1. The third-order valence-electron chi connectivity index (χ3n) is 1.73. The van der Waals surface area contributed by atoms with E-state index in [1.54, 1.807) is 6.20 Å². The predicted octanol–water partition coefficient (Wildman–Crippen LogP) is 0.248. The van der Waals surface area contributed by atoms with Crippen LogP contribution in [0, 0.1) is 0 Å². The first-order chi connectivity index (χ1) is 5.86. The first kappa shape index (κ1) is 7.97. The van der Waals surface area contributed by atoms with Gasteiger partial charge in [0.05, 0.1) is 19.3 Å². The molecule has 2 N–H and O–H groups in total.